The van der Waals surface area contributed by atoms with E-state index in [1.54, 1.807) is 5.51 Å². The molecule has 1 aromatic carbocycles. The summed E-state index contributed by atoms with van der Waals surface area (Å²) >= 11 is 7.28. The number of hydrogen-bond acceptors (Lipinski definition) is 4. The molecule has 0 aliphatic rings. The fraction of sp³-hybridized carbons (Fsp3) is 0.100. The molecule has 0 spiro atoms. The predicted molar refractivity (Wildman–Crippen MR) is 62.3 cm³/mol. The first-order chi connectivity index (χ1) is 7.66. The molecule has 0 aliphatic heterocycles. The van der Waals surface area contributed by atoms with Crippen LogP contribution < -0.4 is 10.5 Å². The number of thiazole rings is 1. The molecule has 16 heavy (non-hydrogen) atoms. The lowest BCUT2D eigenvalue weighted by Crippen LogP contribution is -1.98. The van der Waals surface area contributed by atoms with Crippen molar-refractivity contribution in [3.8, 4) is 5.75 Å². The van der Waals surface area contributed by atoms with Crippen LogP contribution in [-0.2, 0) is 6.61 Å². The molecule has 0 saturated carbocycles. The van der Waals surface area contributed by atoms with Crippen LogP contribution in [0.1, 0.15) is 5.69 Å². The van der Waals surface area contributed by atoms with Gasteiger partial charge in [0.05, 0.1) is 21.9 Å². The molecular formula is C10H8ClFN2OS. The maximum absolute atomic E-state index is 13.0. The standard InChI is InChI=1S/C10H8ClFN2OS/c11-7-1-8(12)9(13)2-10(7)15-3-6-4-16-5-14-6/h1-2,4-5H,3,13H2. The Morgan fingerprint density at radius 3 is 3.00 bits per heavy atom. The summed E-state index contributed by atoms with van der Waals surface area (Å²) in [5.41, 5.74) is 7.93. The number of nitrogen functional groups attached to an aromatic ring is 1. The lowest BCUT2D eigenvalue weighted by Gasteiger charge is -2.07. The Balaban J connectivity index is 2.12. The van der Waals surface area contributed by atoms with Gasteiger partial charge in [0.2, 0.25) is 0 Å². The number of nitrogens with zero attached hydrogens (tertiary/aromatic N) is 1. The fourth-order valence-corrected chi connectivity index (χ4v) is 1.86. The highest BCUT2D eigenvalue weighted by Crippen LogP contribution is 2.29. The molecule has 0 radical (unpaired) electrons. The summed E-state index contributed by atoms with van der Waals surface area (Å²) in [7, 11) is 0. The van der Waals surface area contributed by atoms with E-state index in [-0.39, 0.29) is 17.3 Å². The number of benzene rings is 1. The Kier molecular flexibility index (Phi) is 3.26. The SMILES string of the molecule is Nc1cc(OCc2cscn2)c(Cl)cc1F. The highest BCUT2D eigenvalue weighted by atomic mass is 35.5. The second-order valence-electron chi connectivity index (χ2n) is 3.07. The molecule has 0 saturated heterocycles. The number of aromatic nitrogens is 1. The second kappa shape index (κ2) is 4.67. The summed E-state index contributed by atoms with van der Waals surface area (Å²) < 4.78 is 18.4. The van der Waals surface area contributed by atoms with Crippen molar-refractivity contribution in [1.82, 2.24) is 4.98 Å². The number of hydrogen-bond donors (Lipinski definition) is 1. The van der Waals surface area contributed by atoms with Crippen molar-refractivity contribution >= 4 is 28.6 Å². The third-order valence-corrected chi connectivity index (χ3v) is 2.84. The monoisotopic (exact) mass is 258 g/mol. The van der Waals surface area contributed by atoms with Crippen molar-refractivity contribution in [1.29, 1.82) is 0 Å². The van der Waals surface area contributed by atoms with Crippen LogP contribution in [0, 0.1) is 5.82 Å². The summed E-state index contributed by atoms with van der Waals surface area (Å²) in [5.74, 6) is -0.195. The first-order valence-electron chi connectivity index (χ1n) is 4.41. The van der Waals surface area contributed by atoms with E-state index in [4.69, 9.17) is 22.1 Å². The van der Waals surface area contributed by atoms with E-state index < -0.39 is 5.82 Å². The molecule has 84 valence electrons. The number of anilines is 1. The van der Waals surface area contributed by atoms with Crippen molar-refractivity contribution in [2.24, 2.45) is 0 Å². The molecule has 1 aromatic heterocycles. The molecule has 3 nitrogen and oxygen atoms in total. The minimum Gasteiger partial charge on any atom is -0.486 e. The average Bonchev–Trinajstić information content (AvgIpc) is 2.74. The molecule has 0 aliphatic carbocycles. The van der Waals surface area contributed by atoms with Gasteiger partial charge >= 0.3 is 0 Å². The van der Waals surface area contributed by atoms with Gasteiger partial charge in [-0.2, -0.15) is 0 Å². The number of ether oxygens (including phenoxy) is 1. The highest BCUT2D eigenvalue weighted by molar-refractivity contribution is 7.07. The predicted octanol–water partition coefficient (Wildman–Crippen LogP) is 3.10. The quantitative estimate of drug-likeness (QED) is 0.861. The van der Waals surface area contributed by atoms with E-state index in [2.05, 4.69) is 4.98 Å². The zero-order chi connectivity index (χ0) is 11.5. The van der Waals surface area contributed by atoms with Crippen LogP contribution in [0.3, 0.4) is 0 Å². The lowest BCUT2D eigenvalue weighted by molar-refractivity contribution is 0.302. The smallest absolute Gasteiger partial charge is 0.147 e. The van der Waals surface area contributed by atoms with Gasteiger partial charge in [-0.1, -0.05) is 11.6 Å². The van der Waals surface area contributed by atoms with E-state index in [1.807, 2.05) is 5.38 Å². The first kappa shape index (κ1) is 11.2. The van der Waals surface area contributed by atoms with E-state index in [0.29, 0.717) is 5.75 Å². The van der Waals surface area contributed by atoms with Crippen LogP contribution in [0.15, 0.2) is 23.0 Å². The Morgan fingerprint density at radius 2 is 2.31 bits per heavy atom. The number of halogens is 2. The third kappa shape index (κ3) is 2.43. The van der Waals surface area contributed by atoms with Crippen LogP contribution in [-0.4, -0.2) is 4.98 Å². The Hall–Kier alpha value is -1.33. The van der Waals surface area contributed by atoms with Crippen molar-refractivity contribution in [2.45, 2.75) is 6.61 Å². The van der Waals surface area contributed by atoms with Gasteiger partial charge in [0.15, 0.2) is 0 Å². The van der Waals surface area contributed by atoms with Crippen molar-refractivity contribution in [3.05, 3.63) is 39.6 Å². The summed E-state index contributed by atoms with van der Waals surface area (Å²) in [5, 5.41) is 2.06. The van der Waals surface area contributed by atoms with Crippen LogP contribution in [0.2, 0.25) is 5.02 Å². The molecule has 0 atom stereocenters. The van der Waals surface area contributed by atoms with Gasteiger partial charge in [-0.05, 0) is 6.07 Å². The summed E-state index contributed by atoms with van der Waals surface area (Å²) in [6.07, 6.45) is 0. The van der Waals surface area contributed by atoms with Gasteiger partial charge < -0.3 is 10.5 Å². The van der Waals surface area contributed by atoms with Gasteiger partial charge in [-0.25, -0.2) is 9.37 Å². The molecule has 2 rings (SSSR count). The summed E-state index contributed by atoms with van der Waals surface area (Å²) in [4.78, 5) is 4.05. The Bertz CT molecular complexity index is 490. The van der Waals surface area contributed by atoms with Crippen molar-refractivity contribution in [2.75, 3.05) is 5.73 Å². The average molecular weight is 259 g/mol. The van der Waals surface area contributed by atoms with Crippen LogP contribution in [0.4, 0.5) is 10.1 Å². The third-order valence-electron chi connectivity index (χ3n) is 1.91. The minimum atomic E-state index is -0.550. The largest absolute Gasteiger partial charge is 0.486 e. The summed E-state index contributed by atoms with van der Waals surface area (Å²) in [6.45, 7) is 0.286. The molecule has 0 bridgehead atoms. The van der Waals surface area contributed by atoms with Crippen LogP contribution >= 0.6 is 22.9 Å². The molecule has 0 unspecified atom stereocenters. The Morgan fingerprint density at radius 1 is 1.50 bits per heavy atom. The van der Waals surface area contributed by atoms with Crippen molar-refractivity contribution in [3.63, 3.8) is 0 Å². The van der Waals surface area contributed by atoms with Gasteiger partial charge in [0.25, 0.3) is 0 Å². The molecule has 6 heteroatoms. The number of rotatable bonds is 3. The molecule has 0 fully saturated rings. The highest BCUT2D eigenvalue weighted by Gasteiger charge is 2.08. The Labute approximate surface area is 101 Å². The first-order valence-corrected chi connectivity index (χ1v) is 5.73. The van der Waals surface area contributed by atoms with Gasteiger partial charge in [0.1, 0.15) is 18.2 Å². The van der Waals surface area contributed by atoms with Gasteiger partial charge in [-0.3, -0.25) is 0 Å². The molecule has 2 N–H and O–H groups in total. The topological polar surface area (TPSA) is 48.1 Å². The zero-order valence-corrected chi connectivity index (χ0v) is 9.69. The van der Waals surface area contributed by atoms with E-state index >= 15 is 0 Å². The maximum Gasteiger partial charge on any atom is 0.147 e. The molecule has 2 aromatic rings. The van der Waals surface area contributed by atoms with Gasteiger partial charge in [-0.15, -0.1) is 11.3 Å². The van der Waals surface area contributed by atoms with Crippen LogP contribution in [0.5, 0.6) is 5.75 Å². The normalized spacial score (nSPS) is 10.4. The fourth-order valence-electron chi connectivity index (χ4n) is 1.12. The minimum absolute atomic E-state index is 0.0117. The van der Waals surface area contributed by atoms with E-state index in [9.17, 15) is 4.39 Å². The molecular weight excluding hydrogens is 251 g/mol. The van der Waals surface area contributed by atoms with Gasteiger partial charge in [0, 0.05) is 11.4 Å². The van der Waals surface area contributed by atoms with Crippen molar-refractivity contribution < 1.29 is 9.13 Å². The molecule has 1 heterocycles. The summed E-state index contributed by atoms with van der Waals surface area (Å²) in [6, 6.07) is 2.50. The van der Waals surface area contributed by atoms with E-state index in [1.165, 1.54) is 17.4 Å². The lowest BCUT2D eigenvalue weighted by atomic mass is 10.3. The van der Waals surface area contributed by atoms with Crippen LogP contribution in [0.25, 0.3) is 0 Å². The molecule has 0 amide bonds. The van der Waals surface area contributed by atoms with E-state index in [0.717, 1.165) is 11.8 Å². The second-order valence-corrected chi connectivity index (χ2v) is 4.20. The number of nitrogens with two attached hydrogens (primary N) is 1. The maximum atomic E-state index is 13.0. The zero-order valence-electron chi connectivity index (χ0n) is 8.11.